The molecule has 0 bridgehead atoms. The average Bonchev–Trinajstić information content (AvgIpc) is 3.47. The number of carbonyl (C=O) groups is 1. The molecule has 0 unspecified atom stereocenters. The Bertz CT molecular complexity index is 1320. The van der Waals surface area contributed by atoms with E-state index in [1.807, 2.05) is 60.8 Å². The van der Waals surface area contributed by atoms with Crippen molar-refractivity contribution in [3.63, 3.8) is 0 Å². The van der Waals surface area contributed by atoms with Crippen LogP contribution in [0.25, 0.3) is 16.7 Å². The summed E-state index contributed by atoms with van der Waals surface area (Å²) in [6.45, 7) is 1.04. The molecule has 0 radical (unpaired) electrons. The zero-order valence-corrected chi connectivity index (χ0v) is 16.7. The maximum absolute atomic E-state index is 13.1. The van der Waals surface area contributed by atoms with E-state index in [4.69, 9.17) is 0 Å². The summed E-state index contributed by atoms with van der Waals surface area (Å²) in [7, 11) is 0. The molecule has 5 rings (SSSR count). The van der Waals surface area contributed by atoms with Crippen LogP contribution in [0.1, 0.15) is 21.5 Å². The Labute approximate surface area is 179 Å². The number of benzene rings is 2. The van der Waals surface area contributed by atoms with E-state index in [0.29, 0.717) is 24.5 Å². The lowest BCUT2D eigenvalue weighted by Crippen LogP contribution is -2.23. The number of amides is 1. The SMILES string of the molecule is O=C(NCc1cccnc1-n1cncn1)c1cn(Cc2ccccc2)c2ccccc12. The zero-order valence-electron chi connectivity index (χ0n) is 16.7. The fourth-order valence-corrected chi connectivity index (χ4v) is 3.70. The number of nitrogens with zero attached hydrogens (tertiary/aromatic N) is 5. The van der Waals surface area contributed by atoms with Crippen molar-refractivity contribution in [2.45, 2.75) is 13.1 Å². The largest absolute Gasteiger partial charge is 0.348 e. The van der Waals surface area contributed by atoms with Crippen LogP contribution in [0, 0.1) is 0 Å². The molecular weight excluding hydrogens is 388 g/mol. The first kappa shape index (κ1) is 18.7. The third kappa shape index (κ3) is 3.81. The number of pyridine rings is 1. The van der Waals surface area contributed by atoms with E-state index < -0.39 is 0 Å². The first-order valence-corrected chi connectivity index (χ1v) is 9.98. The van der Waals surface area contributed by atoms with Gasteiger partial charge in [-0.05, 0) is 17.7 Å². The van der Waals surface area contributed by atoms with Crippen LogP contribution in [0.3, 0.4) is 0 Å². The van der Waals surface area contributed by atoms with Gasteiger partial charge in [0.05, 0.1) is 5.56 Å². The number of hydrogen-bond donors (Lipinski definition) is 1. The van der Waals surface area contributed by atoms with E-state index in [9.17, 15) is 4.79 Å². The van der Waals surface area contributed by atoms with Gasteiger partial charge in [-0.3, -0.25) is 4.79 Å². The molecule has 7 heteroatoms. The third-order valence-electron chi connectivity index (χ3n) is 5.17. The number of para-hydroxylation sites is 1. The Morgan fingerprint density at radius 2 is 1.81 bits per heavy atom. The summed E-state index contributed by atoms with van der Waals surface area (Å²) >= 11 is 0. The van der Waals surface area contributed by atoms with Crippen LogP contribution in [-0.4, -0.2) is 30.2 Å². The summed E-state index contributed by atoms with van der Waals surface area (Å²) in [4.78, 5) is 21.5. The van der Waals surface area contributed by atoms with Crippen molar-refractivity contribution in [3.05, 3.63) is 108 Å². The van der Waals surface area contributed by atoms with Crippen LogP contribution in [0.4, 0.5) is 0 Å². The van der Waals surface area contributed by atoms with E-state index in [1.54, 1.807) is 17.2 Å². The molecule has 1 N–H and O–H groups in total. The minimum atomic E-state index is -0.128. The summed E-state index contributed by atoms with van der Waals surface area (Å²) < 4.78 is 3.71. The molecule has 2 aromatic carbocycles. The van der Waals surface area contributed by atoms with Gasteiger partial charge in [0.1, 0.15) is 12.7 Å². The summed E-state index contributed by atoms with van der Waals surface area (Å²) in [6.07, 6.45) is 6.66. The van der Waals surface area contributed by atoms with E-state index in [2.05, 4.69) is 37.1 Å². The normalized spacial score (nSPS) is 11.0. The van der Waals surface area contributed by atoms with Crippen LogP contribution in [0.2, 0.25) is 0 Å². The highest BCUT2D eigenvalue weighted by molar-refractivity contribution is 6.07. The Kier molecular flexibility index (Phi) is 4.98. The molecule has 3 aromatic heterocycles. The highest BCUT2D eigenvalue weighted by Gasteiger charge is 2.16. The summed E-state index contributed by atoms with van der Waals surface area (Å²) in [5, 5.41) is 8.11. The van der Waals surface area contributed by atoms with Gasteiger partial charge in [0, 0.05) is 41.9 Å². The molecule has 0 aliphatic heterocycles. The second-order valence-electron chi connectivity index (χ2n) is 7.18. The van der Waals surface area contributed by atoms with E-state index in [0.717, 1.165) is 16.5 Å². The summed E-state index contributed by atoms with van der Waals surface area (Å²) in [5.74, 6) is 0.517. The van der Waals surface area contributed by atoms with Crippen LogP contribution in [0.5, 0.6) is 0 Å². The molecule has 31 heavy (non-hydrogen) atoms. The Morgan fingerprint density at radius 3 is 2.65 bits per heavy atom. The van der Waals surface area contributed by atoms with Crippen molar-refractivity contribution in [2.24, 2.45) is 0 Å². The molecule has 0 fully saturated rings. The fraction of sp³-hybridized carbons (Fsp3) is 0.0833. The third-order valence-corrected chi connectivity index (χ3v) is 5.17. The molecule has 0 atom stereocenters. The fourth-order valence-electron chi connectivity index (χ4n) is 3.70. The average molecular weight is 408 g/mol. The second-order valence-corrected chi connectivity index (χ2v) is 7.18. The number of hydrogen-bond acceptors (Lipinski definition) is 4. The van der Waals surface area contributed by atoms with Gasteiger partial charge >= 0.3 is 0 Å². The number of fused-ring (bicyclic) bond motifs is 1. The molecule has 0 aliphatic carbocycles. The maximum Gasteiger partial charge on any atom is 0.253 e. The molecule has 7 nitrogen and oxygen atoms in total. The highest BCUT2D eigenvalue weighted by atomic mass is 16.1. The van der Waals surface area contributed by atoms with Gasteiger partial charge in [-0.2, -0.15) is 5.10 Å². The quantitative estimate of drug-likeness (QED) is 0.466. The second kappa shape index (κ2) is 8.23. The van der Waals surface area contributed by atoms with Crippen LogP contribution in [-0.2, 0) is 13.1 Å². The lowest BCUT2D eigenvalue weighted by Gasteiger charge is -2.09. The van der Waals surface area contributed by atoms with Crippen molar-refractivity contribution >= 4 is 16.8 Å². The Hall–Kier alpha value is -4.26. The summed E-state index contributed by atoms with van der Waals surface area (Å²) in [6, 6.07) is 21.9. The Morgan fingerprint density at radius 1 is 0.968 bits per heavy atom. The van der Waals surface area contributed by atoms with Gasteiger partial charge in [0.25, 0.3) is 5.91 Å². The first-order chi connectivity index (χ1) is 15.3. The van der Waals surface area contributed by atoms with Gasteiger partial charge in [0.15, 0.2) is 5.82 Å². The van der Waals surface area contributed by atoms with Gasteiger partial charge in [0.2, 0.25) is 0 Å². The van der Waals surface area contributed by atoms with Crippen molar-refractivity contribution in [1.29, 1.82) is 0 Å². The van der Waals surface area contributed by atoms with Crippen LogP contribution in [0.15, 0.2) is 91.8 Å². The topological polar surface area (TPSA) is 77.6 Å². The molecule has 1 amide bonds. The lowest BCUT2D eigenvalue weighted by atomic mass is 10.1. The molecule has 0 saturated carbocycles. The number of rotatable bonds is 6. The number of carbonyl (C=O) groups excluding carboxylic acids is 1. The molecule has 152 valence electrons. The predicted molar refractivity (Wildman–Crippen MR) is 118 cm³/mol. The molecule has 0 saturated heterocycles. The van der Waals surface area contributed by atoms with Crippen LogP contribution >= 0.6 is 0 Å². The van der Waals surface area contributed by atoms with Crippen molar-refractivity contribution in [3.8, 4) is 5.82 Å². The maximum atomic E-state index is 13.1. The van der Waals surface area contributed by atoms with E-state index in [-0.39, 0.29) is 5.91 Å². The van der Waals surface area contributed by atoms with Crippen molar-refractivity contribution in [2.75, 3.05) is 0 Å². The molecule has 5 aromatic rings. The van der Waals surface area contributed by atoms with Gasteiger partial charge in [-0.1, -0.05) is 54.6 Å². The van der Waals surface area contributed by atoms with Crippen molar-refractivity contribution in [1.82, 2.24) is 29.6 Å². The van der Waals surface area contributed by atoms with Gasteiger partial charge in [-0.15, -0.1) is 0 Å². The van der Waals surface area contributed by atoms with Gasteiger partial charge < -0.3 is 9.88 Å². The first-order valence-electron chi connectivity index (χ1n) is 9.98. The lowest BCUT2D eigenvalue weighted by molar-refractivity contribution is 0.0952. The number of nitrogens with one attached hydrogen (secondary N) is 1. The predicted octanol–water partition coefficient (Wildman–Crippen LogP) is 3.60. The minimum absolute atomic E-state index is 0.128. The van der Waals surface area contributed by atoms with Crippen LogP contribution < -0.4 is 5.32 Å². The Balaban J connectivity index is 1.41. The van der Waals surface area contributed by atoms with Crippen molar-refractivity contribution < 1.29 is 4.79 Å². The van der Waals surface area contributed by atoms with E-state index in [1.165, 1.54) is 11.9 Å². The number of aromatic nitrogens is 5. The molecule has 3 heterocycles. The standard InChI is InChI=1S/C24H20N6O/c31-24(27-13-19-9-6-12-26-23(19)30-17-25-16-28-30)21-15-29(14-18-7-2-1-3-8-18)22-11-5-4-10-20(21)22/h1-12,15-17H,13-14H2,(H,27,31). The zero-order chi connectivity index (χ0) is 21.0. The molecule has 0 spiro atoms. The summed E-state index contributed by atoms with van der Waals surface area (Å²) in [5.41, 5.74) is 3.72. The highest BCUT2D eigenvalue weighted by Crippen LogP contribution is 2.23. The molecule has 0 aliphatic rings. The van der Waals surface area contributed by atoms with E-state index >= 15 is 0 Å². The molecular formula is C24H20N6O. The van der Waals surface area contributed by atoms with Gasteiger partial charge in [-0.25, -0.2) is 14.6 Å². The smallest absolute Gasteiger partial charge is 0.253 e. The monoisotopic (exact) mass is 408 g/mol. The minimum Gasteiger partial charge on any atom is -0.348 e.